The predicted molar refractivity (Wildman–Crippen MR) is 78.3 cm³/mol. The summed E-state index contributed by atoms with van der Waals surface area (Å²) in [5, 5.41) is 0. The average Bonchev–Trinajstić information content (AvgIpc) is 3.05. The van der Waals surface area contributed by atoms with E-state index in [1.807, 2.05) is 6.07 Å². The fourth-order valence-electron chi connectivity index (χ4n) is 2.76. The maximum Gasteiger partial charge on any atom is 0.325 e. The number of ether oxygens (including phenoxy) is 2. The van der Waals surface area contributed by atoms with Gasteiger partial charge in [0.15, 0.2) is 0 Å². The summed E-state index contributed by atoms with van der Waals surface area (Å²) in [5.41, 5.74) is 0.482. The molecule has 1 aliphatic carbocycles. The number of rotatable bonds is 5. The lowest BCUT2D eigenvalue weighted by Gasteiger charge is -2.28. The number of hydrogen-bond donors (Lipinski definition) is 0. The summed E-state index contributed by atoms with van der Waals surface area (Å²) in [5.74, 6) is -0.0507. The SMILES string of the molecule is COC(=O)CN(C(=O)c1ccccc1OC)C1CCCC1. The zero-order chi connectivity index (χ0) is 15.2. The van der Waals surface area contributed by atoms with Crippen molar-refractivity contribution in [2.45, 2.75) is 31.7 Å². The Bertz CT molecular complexity index is 509. The van der Waals surface area contributed by atoms with Crippen molar-refractivity contribution in [1.82, 2.24) is 4.90 Å². The third kappa shape index (κ3) is 3.54. The Hall–Kier alpha value is -2.04. The maximum absolute atomic E-state index is 12.8. The van der Waals surface area contributed by atoms with Crippen LogP contribution in [-0.2, 0) is 9.53 Å². The molecule has 5 heteroatoms. The molecule has 2 rings (SSSR count). The van der Waals surface area contributed by atoms with Gasteiger partial charge in [0.05, 0.1) is 19.8 Å². The van der Waals surface area contributed by atoms with E-state index in [4.69, 9.17) is 9.47 Å². The Kier molecular flexibility index (Phi) is 5.20. The van der Waals surface area contributed by atoms with E-state index >= 15 is 0 Å². The van der Waals surface area contributed by atoms with Crippen molar-refractivity contribution in [2.24, 2.45) is 0 Å². The van der Waals surface area contributed by atoms with Crippen LogP contribution in [0.5, 0.6) is 5.75 Å². The second-order valence-corrected chi connectivity index (χ2v) is 5.15. The van der Waals surface area contributed by atoms with Crippen molar-refractivity contribution in [1.29, 1.82) is 0 Å². The van der Waals surface area contributed by atoms with Crippen LogP contribution in [-0.4, -0.2) is 43.6 Å². The topological polar surface area (TPSA) is 55.8 Å². The first-order valence-corrected chi connectivity index (χ1v) is 7.18. The van der Waals surface area contributed by atoms with Gasteiger partial charge in [-0.3, -0.25) is 9.59 Å². The van der Waals surface area contributed by atoms with Gasteiger partial charge in [0, 0.05) is 6.04 Å². The molecule has 0 spiro atoms. The van der Waals surface area contributed by atoms with Gasteiger partial charge in [-0.25, -0.2) is 0 Å². The number of carbonyl (C=O) groups excluding carboxylic acids is 2. The molecule has 0 saturated heterocycles. The van der Waals surface area contributed by atoms with Crippen LogP contribution in [0.3, 0.4) is 0 Å². The first kappa shape index (κ1) is 15.4. The highest BCUT2D eigenvalue weighted by atomic mass is 16.5. The van der Waals surface area contributed by atoms with E-state index in [-0.39, 0.29) is 18.5 Å². The standard InChI is InChI=1S/C16H21NO4/c1-20-14-10-6-5-9-13(14)16(19)17(11-15(18)21-2)12-7-3-4-8-12/h5-6,9-10,12H,3-4,7-8,11H2,1-2H3. The van der Waals surface area contributed by atoms with Gasteiger partial charge in [-0.1, -0.05) is 25.0 Å². The minimum atomic E-state index is -0.398. The molecule has 21 heavy (non-hydrogen) atoms. The van der Waals surface area contributed by atoms with Gasteiger partial charge in [-0.2, -0.15) is 0 Å². The Morgan fingerprint density at radius 2 is 1.86 bits per heavy atom. The second kappa shape index (κ2) is 7.11. The van der Waals surface area contributed by atoms with E-state index in [0.717, 1.165) is 25.7 Å². The van der Waals surface area contributed by atoms with E-state index < -0.39 is 5.97 Å². The minimum absolute atomic E-state index is 0.0158. The van der Waals surface area contributed by atoms with Crippen LogP contribution in [0.25, 0.3) is 0 Å². The highest BCUT2D eigenvalue weighted by Gasteiger charge is 2.30. The zero-order valence-electron chi connectivity index (χ0n) is 12.5. The molecule has 1 aliphatic rings. The number of para-hydroxylation sites is 1. The van der Waals surface area contributed by atoms with Crippen LogP contribution in [0.15, 0.2) is 24.3 Å². The van der Waals surface area contributed by atoms with Crippen LogP contribution >= 0.6 is 0 Å². The monoisotopic (exact) mass is 291 g/mol. The number of benzene rings is 1. The fraction of sp³-hybridized carbons (Fsp3) is 0.500. The average molecular weight is 291 g/mol. The number of esters is 1. The first-order chi connectivity index (χ1) is 10.2. The largest absolute Gasteiger partial charge is 0.496 e. The molecule has 0 aromatic heterocycles. The summed E-state index contributed by atoms with van der Waals surface area (Å²) in [4.78, 5) is 26.0. The lowest BCUT2D eigenvalue weighted by atomic mass is 10.1. The first-order valence-electron chi connectivity index (χ1n) is 7.18. The Labute approximate surface area is 124 Å². The van der Waals surface area contributed by atoms with Crippen molar-refractivity contribution in [3.8, 4) is 5.75 Å². The van der Waals surface area contributed by atoms with Crippen LogP contribution in [0.2, 0.25) is 0 Å². The summed E-state index contributed by atoms with van der Waals surface area (Å²) in [6.07, 6.45) is 4.03. The van der Waals surface area contributed by atoms with E-state index in [0.29, 0.717) is 11.3 Å². The molecule has 114 valence electrons. The van der Waals surface area contributed by atoms with Crippen molar-refractivity contribution in [2.75, 3.05) is 20.8 Å². The quantitative estimate of drug-likeness (QED) is 0.781. The molecular weight excluding hydrogens is 270 g/mol. The number of carbonyl (C=O) groups is 2. The van der Waals surface area contributed by atoms with Gasteiger partial charge in [-0.05, 0) is 25.0 Å². The van der Waals surface area contributed by atoms with Crippen LogP contribution in [0.4, 0.5) is 0 Å². The van der Waals surface area contributed by atoms with Crippen molar-refractivity contribution < 1.29 is 19.1 Å². The van der Waals surface area contributed by atoms with E-state index in [1.165, 1.54) is 14.2 Å². The highest BCUT2D eigenvalue weighted by molar-refractivity contribution is 5.98. The van der Waals surface area contributed by atoms with E-state index in [2.05, 4.69) is 0 Å². The molecule has 0 atom stereocenters. The van der Waals surface area contributed by atoms with Gasteiger partial charge >= 0.3 is 5.97 Å². The molecule has 1 saturated carbocycles. The van der Waals surface area contributed by atoms with Crippen molar-refractivity contribution >= 4 is 11.9 Å². The lowest BCUT2D eigenvalue weighted by Crippen LogP contribution is -2.42. The van der Waals surface area contributed by atoms with E-state index in [9.17, 15) is 9.59 Å². The van der Waals surface area contributed by atoms with Gasteiger partial charge in [0.1, 0.15) is 12.3 Å². The summed E-state index contributed by atoms with van der Waals surface area (Å²) >= 11 is 0. The molecule has 0 unspecified atom stereocenters. The van der Waals surface area contributed by atoms with Gasteiger partial charge < -0.3 is 14.4 Å². The Morgan fingerprint density at radius 1 is 1.19 bits per heavy atom. The molecule has 0 heterocycles. The maximum atomic E-state index is 12.8. The summed E-state index contributed by atoms with van der Waals surface area (Å²) in [6.45, 7) is -0.0158. The van der Waals surface area contributed by atoms with Crippen molar-refractivity contribution in [3.05, 3.63) is 29.8 Å². The van der Waals surface area contributed by atoms with Crippen LogP contribution in [0, 0.1) is 0 Å². The molecule has 1 amide bonds. The lowest BCUT2D eigenvalue weighted by molar-refractivity contribution is -0.141. The highest BCUT2D eigenvalue weighted by Crippen LogP contribution is 2.27. The van der Waals surface area contributed by atoms with Gasteiger partial charge in [0.2, 0.25) is 0 Å². The third-order valence-corrected chi connectivity index (χ3v) is 3.89. The van der Waals surface area contributed by atoms with E-state index in [1.54, 1.807) is 23.1 Å². The normalized spacial score (nSPS) is 14.8. The molecule has 1 aromatic carbocycles. The molecular formula is C16H21NO4. The molecule has 1 aromatic rings. The summed E-state index contributed by atoms with van der Waals surface area (Å²) < 4.78 is 9.97. The number of methoxy groups -OCH3 is 2. The molecule has 0 N–H and O–H groups in total. The molecule has 5 nitrogen and oxygen atoms in total. The van der Waals surface area contributed by atoms with Gasteiger partial charge in [-0.15, -0.1) is 0 Å². The predicted octanol–water partition coefficient (Wildman–Crippen LogP) is 2.25. The van der Waals surface area contributed by atoms with Crippen LogP contribution < -0.4 is 4.74 Å². The summed E-state index contributed by atoms with van der Waals surface area (Å²) in [7, 11) is 2.87. The molecule has 0 bridgehead atoms. The van der Waals surface area contributed by atoms with Gasteiger partial charge in [0.25, 0.3) is 5.91 Å². The van der Waals surface area contributed by atoms with Crippen molar-refractivity contribution in [3.63, 3.8) is 0 Å². The van der Waals surface area contributed by atoms with Crippen LogP contribution in [0.1, 0.15) is 36.0 Å². The number of hydrogen-bond acceptors (Lipinski definition) is 4. The minimum Gasteiger partial charge on any atom is -0.496 e. The molecule has 0 aliphatic heterocycles. The Balaban J connectivity index is 2.26. The molecule has 1 fully saturated rings. The third-order valence-electron chi connectivity index (χ3n) is 3.89. The smallest absolute Gasteiger partial charge is 0.325 e. The fourth-order valence-corrected chi connectivity index (χ4v) is 2.76. The second-order valence-electron chi connectivity index (χ2n) is 5.15. The zero-order valence-corrected chi connectivity index (χ0v) is 12.5. The molecule has 0 radical (unpaired) electrons. The number of nitrogens with zero attached hydrogens (tertiary/aromatic N) is 1. The Morgan fingerprint density at radius 3 is 2.48 bits per heavy atom. The number of amides is 1. The summed E-state index contributed by atoms with van der Waals surface area (Å²) in [6, 6.07) is 7.18.